The SMILES string of the molecule is C=CC.CCS(=O)(=O)O. The van der Waals surface area contributed by atoms with Crippen LogP contribution in [0.4, 0.5) is 0 Å². The van der Waals surface area contributed by atoms with E-state index in [0.717, 1.165) is 0 Å². The first-order valence-corrected chi connectivity index (χ1v) is 4.11. The van der Waals surface area contributed by atoms with E-state index in [1.165, 1.54) is 6.92 Å². The number of allylic oxidation sites excluding steroid dienone is 1. The smallest absolute Gasteiger partial charge is 0.264 e. The fourth-order valence-electron chi connectivity index (χ4n) is 0. The van der Waals surface area contributed by atoms with Gasteiger partial charge in [0, 0.05) is 0 Å². The number of rotatable bonds is 1. The molecule has 0 aromatic carbocycles. The second kappa shape index (κ2) is 5.78. The Morgan fingerprint density at radius 3 is 1.78 bits per heavy atom. The molecule has 0 fully saturated rings. The highest BCUT2D eigenvalue weighted by molar-refractivity contribution is 7.85. The van der Waals surface area contributed by atoms with Crippen LogP contribution in [0, 0.1) is 0 Å². The summed E-state index contributed by atoms with van der Waals surface area (Å²) in [5, 5.41) is 0. The Balaban J connectivity index is 0. The summed E-state index contributed by atoms with van der Waals surface area (Å²) in [6.45, 7) is 6.62. The highest BCUT2D eigenvalue weighted by Crippen LogP contribution is 1.74. The van der Waals surface area contributed by atoms with Crippen LogP contribution in [0.25, 0.3) is 0 Å². The maximum Gasteiger partial charge on any atom is 0.264 e. The largest absolute Gasteiger partial charge is 0.286 e. The van der Waals surface area contributed by atoms with Gasteiger partial charge in [-0.1, -0.05) is 6.08 Å². The minimum atomic E-state index is -3.66. The van der Waals surface area contributed by atoms with Crippen LogP contribution in [0.5, 0.6) is 0 Å². The van der Waals surface area contributed by atoms with Gasteiger partial charge in [0.2, 0.25) is 0 Å². The first kappa shape index (κ1) is 11.4. The van der Waals surface area contributed by atoms with E-state index in [-0.39, 0.29) is 5.75 Å². The number of hydrogen-bond donors (Lipinski definition) is 1. The van der Waals surface area contributed by atoms with Gasteiger partial charge in [-0.05, 0) is 13.8 Å². The van der Waals surface area contributed by atoms with E-state index in [9.17, 15) is 8.42 Å². The third kappa shape index (κ3) is 34.8. The van der Waals surface area contributed by atoms with Crippen molar-refractivity contribution >= 4 is 10.1 Å². The average Bonchev–Trinajstić information content (AvgIpc) is 1.67. The average molecular weight is 152 g/mol. The second-order valence-corrected chi connectivity index (χ2v) is 3.02. The lowest BCUT2D eigenvalue weighted by Gasteiger charge is -1.79. The molecule has 0 amide bonds. The van der Waals surface area contributed by atoms with Gasteiger partial charge in [-0.3, -0.25) is 4.55 Å². The monoisotopic (exact) mass is 152 g/mol. The fourth-order valence-corrected chi connectivity index (χ4v) is 0. The van der Waals surface area contributed by atoms with Gasteiger partial charge >= 0.3 is 0 Å². The Morgan fingerprint density at radius 2 is 1.78 bits per heavy atom. The minimum Gasteiger partial charge on any atom is -0.286 e. The van der Waals surface area contributed by atoms with Crippen LogP contribution in [0.15, 0.2) is 12.7 Å². The standard InChI is InChI=1S/C3H6.C2H6O3S/c1-3-2;1-2-6(3,4)5/h3H,1H2,2H3;2H2,1H3,(H,3,4,5). The molecule has 0 aliphatic heterocycles. The van der Waals surface area contributed by atoms with Crippen LogP contribution in [-0.4, -0.2) is 18.7 Å². The Morgan fingerprint density at radius 1 is 1.67 bits per heavy atom. The Hall–Kier alpha value is -0.350. The molecule has 9 heavy (non-hydrogen) atoms. The fraction of sp³-hybridized carbons (Fsp3) is 0.600. The lowest BCUT2D eigenvalue weighted by Crippen LogP contribution is -1.97. The minimum absolute atomic E-state index is 0.201. The zero-order chi connectivity index (χ0) is 7.91. The molecule has 0 rings (SSSR count). The summed E-state index contributed by atoms with van der Waals surface area (Å²) in [6, 6.07) is 0. The molecule has 0 bridgehead atoms. The zero-order valence-corrected chi connectivity index (χ0v) is 6.48. The van der Waals surface area contributed by atoms with Gasteiger partial charge in [0.25, 0.3) is 10.1 Å². The molecule has 56 valence electrons. The van der Waals surface area contributed by atoms with Crippen molar-refractivity contribution in [3.63, 3.8) is 0 Å². The molecule has 0 aromatic heterocycles. The molecule has 0 aliphatic rings. The van der Waals surface area contributed by atoms with Gasteiger partial charge in [-0.15, -0.1) is 6.58 Å². The van der Waals surface area contributed by atoms with E-state index in [1.54, 1.807) is 6.08 Å². The van der Waals surface area contributed by atoms with Gasteiger partial charge in [0.05, 0.1) is 5.75 Å². The van der Waals surface area contributed by atoms with Gasteiger partial charge < -0.3 is 0 Å². The zero-order valence-electron chi connectivity index (χ0n) is 5.66. The lowest BCUT2D eigenvalue weighted by molar-refractivity contribution is 0.484. The summed E-state index contributed by atoms with van der Waals surface area (Å²) in [6.07, 6.45) is 1.75. The highest BCUT2D eigenvalue weighted by atomic mass is 32.2. The summed E-state index contributed by atoms with van der Waals surface area (Å²) in [4.78, 5) is 0. The van der Waals surface area contributed by atoms with E-state index in [1.807, 2.05) is 6.92 Å². The molecule has 1 N–H and O–H groups in total. The molecule has 0 aliphatic carbocycles. The lowest BCUT2D eigenvalue weighted by atomic mass is 10.8. The summed E-state index contributed by atoms with van der Waals surface area (Å²) in [7, 11) is -3.66. The van der Waals surface area contributed by atoms with Crippen LogP contribution >= 0.6 is 0 Å². The van der Waals surface area contributed by atoms with Crippen molar-refractivity contribution in [1.82, 2.24) is 0 Å². The highest BCUT2D eigenvalue weighted by Gasteiger charge is 1.93. The molecule has 0 spiro atoms. The molecule has 0 unspecified atom stereocenters. The van der Waals surface area contributed by atoms with Crippen LogP contribution in [0.3, 0.4) is 0 Å². The molecular formula is C5H12O3S. The predicted molar refractivity (Wildman–Crippen MR) is 38.0 cm³/mol. The maximum absolute atomic E-state index is 9.56. The summed E-state index contributed by atoms with van der Waals surface area (Å²) in [5.41, 5.74) is 0. The van der Waals surface area contributed by atoms with Crippen molar-refractivity contribution in [2.75, 3.05) is 5.75 Å². The first-order chi connectivity index (χ1) is 3.97. The van der Waals surface area contributed by atoms with Gasteiger partial charge in [0.1, 0.15) is 0 Å². The molecule has 0 aromatic rings. The molecule has 4 heteroatoms. The van der Waals surface area contributed by atoms with Gasteiger partial charge in [0.15, 0.2) is 0 Å². The van der Waals surface area contributed by atoms with Crippen molar-refractivity contribution in [2.45, 2.75) is 13.8 Å². The summed E-state index contributed by atoms with van der Waals surface area (Å²) >= 11 is 0. The van der Waals surface area contributed by atoms with E-state index < -0.39 is 10.1 Å². The Kier molecular flexibility index (Phi) is 7.35. The maximum atomic E-state index is 9.56. The van der Waals surface area contributed by atoms with Crippen LogP contribution in [-0.2, 0) is 10.1 Å². The van der Waals surface area contributed by atoms with Crippen molar-refractivity contribution < 1.29 is 13.0 Å². The topological polar surface area (TPSA) is 54.4 Å². The molecule has 0 heterocycles. The molecule has 3 nitrogen and oxygen atoms in total. The first-order valence-electron chi connectivity index (χ1n) is 2.50. The van der Waals surface area contributed by atoms with E-state index in [2.05, 4.69) is 6.58 Å². The van der Waals surface area contributed by atoms with E-state index >= 15 is 0 Å². The molecular weight excluding hydrogens is 140 g/mol. The third-order valence-electron chi connectivity index (χ3n) is 0.365. The third-order valence-corrected chi connectivity index (χ3v) is 1.09. The Bertz CT molecular complexity index is 146. The predicted octanol–water partition coefficient (Wildman–Crippen LogP) is 1.09. The Labute approximate surface area is 56.1 Å². The van der Waals surface area contributed by atoms with Crippen molar-refractivity contribution in [3.05, 3.63) is 12.7 Å². The van der Waals surface area contributed by atoms with Crippen molar-refractivity contribution in [1.29, 1.82) is 0 Å². The van der Waals surface area contributed by atoms with E-state index in [4.69, 9.17) is 4.55 Å². The van der Waals surface area contributed by atoms with Crippen LogP contribution in [0.2, 0.25) is 0 Å². The van der Waals surface area contributed by atoms with Crippen molar-refractivity contribution in [3.8, 4) is 0 Å². The van der Waals surface area contributed by atoms with Crippen molar-refractivity contribution in [2.24, 2.45) is 0 Å². The normalized spacial score (nSPS) is 9.22. The van der Waals surface area contributed by atoms with Crippen LogP contribution < -0.4 is 0 Å². The van der Waals surface area contributed by atoms with Gasteiger partial charge in [-0.2, -0.15) is 8.42 Å². The quantitative estimate of drug-likeness (QED) is 0.452. The van der Waals surface area contributed by atoms with E-state index in [0.29, 0.717) is 0 Å². The van der Waals surface area contributed by atoms with Gasteiger partial charge in [-0.25, -0.2) is 0 Å². The molecule has 0 atom stereocenters. The number of hydrogen-bond acceptors (Lipinski definition) is 2. The second-order valence-electron chi connectivity index (χ2n) is 1.28. The summed E-state index contributed by atoms with van der Waals surface area (Å²) in [5.74, 6) is -0.201. The molecule has 0 saturated carbocycles. The molecule has 0 saturated heterocycles. The molecule has 0 radical (unpaired) electrons. The van der Waals surface area contributed by atoms with Crippen LogP contribution in [0.1, 0.15) is 13.8 Å². The summed E-state index contributed by atoms with van der Waals surface area (Å²) < 4.78 is 26.9.